The first-order valence-corrected chi connectivity index (χ1v) is 7.23. The SMILES string of the molecule is COCCNCC1CCCN(CC(=O)OC(C)C)C1. The minimum absolute atomic E-state index is 0.0243. The minimum atomic E-state index is -0.108. The lowest BCUT2D eigenvalue weighted by Gasteiger charge is -2.32. The highest BCUT2D eigenvalue weighted by Gasteiger charge is 2.22. The maximum Gasteiger partial charge on any atom is 0.320 e. The van der Waals surface area contributed by atoms with Gasteiger partial charge >= 0.3 is 5.97 Å². The summed E-state index contributed by atoms with van der Waals surface area (Å²) in [7, 11) is 1.71. The van der Waals surface area contributed by atoms with Crippen molar-refractivity contribution in [2.24, 2.45) is 5.92 Å². The largest absolute Gasteiger partial charge is 0.462 e. The lowest BCUT2D eigenvalue weighted by Crippen LogP contribution is -2.42. The van der Waals surface area contributed by atoms with Crippen molar-refractivity contribution in [2.45, 2.75) is 32.8 Å². The van der Waals surface area contributed by atoms with Crippen molar-refractivity contribution in [3.63, 3.8) is 0 Å². The van der Waals surface area contributed by atoms with Gasteiger partial charge in [0.15, 0.2) is 0 Å². The van der Waals surface area contributed by atoms with E-state index in [1.165, 1.54) is 6.42 Å². The maximum absolute atomic E-state index is 11.6. The van der Waals surface area contributed by atoms with Gasteiger partial charge in [0.2, 0.25) is 0 Å². The Balaban J connectivity index is 2.20. The van der Waals surface area contributed by atoms with Crippen LogP contribution in [0.15, 0.2) is 0 Å². The first-order valence-electron chi connectivity index (χ1n) is 7.23. The number of nitrogens with zero attached hydrogens (tertiary/aromatic N) is 1. The highest BCUT2D eigenvalue weighted by molar-refractivity contribution is 5.71. The van der Waals surface area contributed by atoms with Crippen molar-refractivity contribution in [2.75, 3.05) is 46.4 Å². The van der Waals surface area contributed by atoms with Crippen LogP contribution in [0, 0.1) is 5.92 Å². The third-order valence-electron chi connectivity index (χ3n) is 3.24. The van der Waals surface area contributed by atoms with Gasteiger partial charge in [-0.15, -0.1) is 0 Å². The highest BCUT2D eigenvalue weighted by atomic mass is 16.5. The van der Waals surface area contributed by atoms with Gasteiger partial charge in [-0.05, 0) is 45.7 Å². The van der Waals surface area contributed by atoms with Crippen molar-refractivity contribution < 1.29 is 14.3 Å². The Kier molecular flexibility index (Phi) is 8.02. The van der Waals surface area contributed by atoms with E-state index in [1.54, 1.807) is 7.11 Å². The van der Waals surface area contributed by atoms with Crippen molar-refractivity contribution in [3.05, 3.63) is 0 Å². The van der Waals surface area contributed by atoms with Gasteiger partial charge in [-0.1, -0.05) is 0 Å². The lowest BCUT2D eigenvalue weighted by molar-refractivity contribution is -0.149. The molecule has 0 bridgehead atoms. The lowest BCUT2D eigenvalue weighted by atomic mass is 9.98. The molecule has 0 aromatic carbocycles. The van der Waals surface area contributed by atoms with Crippen LogP contribution in [-0.4, -0.2) is 63.4 Å². The molecule has 1 rings (SSSR count). The normalized spacial score (nSPS) is 20.7. The van der Waals surface area contributed by atoms with Crippen molar-refractivity contribution in [3.8, 4) is 0 Å². The Hall–Kier alpha value is -0.650. The second kappa shape index (κ2) is 9.28. The molecule has 0 aromatic rings. The summed E-state index contributed by atoms with van der Waals surface area (Å²) in [6, 6.07) is 0. The summed E-state index contributed by atoms with van der Waals surface area (Å²) in [5.41, 5.74) is 0. The van der Waals surface area contributed by atoms with Crippen molar-refractivity contribution in [1.82, 2.24) is 10.2 Å². The van der Waals surface area contributed by atoms with Gasteiger partial charge in [0.05, 0.1) is 19.3 Å². The summed E-state index contributed by atoms with van der Waals surface area (Å²) < 4.78 is 10.2. The molecule has 0 aromatic heterocycles. The number of rotatable bonds is 8. The quantitative estimate of drug-likeness (QED) is 0.525. The molecule has 0 radical (unpaired) electrons. The number of esters is 1. The van der Waals surface area contributed by atoms with Gasteiger partial charge < -0.3 is 14.8 Å². The van der Waals surface area contributed by atoms with Crippen LogP contribution < -0.4 is 5.32 Å². The fraction of sp³-hybridized carbons (Fsp3) is 0.929. The number of ether oxygens (including phenoxy) is 2. The zero-order valence-corrected chi connectivity index (χ0v) is 12.5. The average Bonchev–Trinajstić information content (AvgIpc) is 2.34. The number of likely N-dealkylation sites (tertiary alicyclic amines) is 1. The van der Waals surface area contributed by atoms with E-state index < -0.39 is 0 Å². The number of carbonyl (C=O) groups is 1. The smallest absolute Gasteiger partial charge is 0.320 e. The second-order valence-electron chi connectivity index (χ2n) is 5.48. The number of hydrogen-bond donors (Lipinski definition) is 1. The molecule has 0 spiro atoms. The van der Waals surface area contributed by atoms with E-state index in [0.29, 0.717) is 12.5 Å². The third-order valence-corrected chi connectivity index (χ3v) is 3.24. The number of piperidine rings is 1. The molecule has 19 heavy (non-hydrogen) atoms. The Morgan fingerprint density at radius 2 is 2.26 bits per heavy atom. The Labute approximate surface area is 116 Å². The van der Waals surface area contributed by atoms with Gasteiger partial charge in [-0.2, -0.15) is 0 Å². The predicted octanol–water partition coefficient (Wildman–Crippen LogP) is 0.886. The molecule has 1 atom stereocenters. The fourth-order valence-corrected chi connectivity index (χ4v) is 2.42. The Morgan fingerprint density at radius 1 is 1.47 bits per heavy atom. The molecule has 1 fully saturated rings. The molecule has 0 amide bonds. The maximum atomic E-state index is 11.6. The first kappa shape index (κ1) is 16.4. The summed E-state index contributed by atoms with van der Waals surface area (Å²) in [6.45, 7) is 8.81. The van der Waals surface area contributed by atoms with Crippen molar-refractivity contribution >= 4 is 5.97 Å². The van der Waals surface area contributed by atoms with Gasteiger partial charge in [0.25, 0.3) is 0 Å². The summed E-state index contributed by atoms with van der Waals surface area (Å²) in [6.07, 6.45) is 2.37. The number of hydrogen-bond acceptors (Lipinski definition) is 5. The first-order chi connectivity index (χ1) is 9.11. The third kappa shape index (κ3) is 7.50. The number of nitrogens with one attached hydrogen (secondary N) is 1. The Morgan fingerprint density at radius 3 is 2.95 bits per heavy atom. The van der Waals surface area contributed by atoms with E-state index in [1.807, 2.05) is 13.8 Å². The molecule has 112 valence electrons. The van der Waals surface area contributed by atoms with E-state index in [4.69, 9.17) is 9.47 Å². The van der Waals surface area contributed by atoms with Gasteiger partial charge in [-0.3, -0.25) is 9.69 Å². The molecule has 1 saturated heterocycles. The van der Waals surface area contributed by atoms with Crippen molar-refractivity contribution in [1.29, 1.82) is 0 Å². The van der Waals surface area contributed by atoms with E-state index in [-0.39, 0.29) is 12.1 Å². The van der Waals surface area contributed by atoms with Crippen LogP contribution in [0.1, 0.15) is 26.7 Å². The van der Waals surface area contributed by atoms with Crippen LogP contribution in [0.5, 0.6) is 0 Å². The highest BCUT2D eigenvalue weighted by Crippen LogP contribution is 2.15. The van der Waals surface area contributed by atoms with E-state index in [0.717, 1.165) is 39.2 Å². The zero-order valence-electron chi connectivity index (χ0n) is 12.5. The van der Waals surface area contributed by atoms with Crippen LogP contribution in [0.25, 0.3) is 0 Å². The standard InChI is InChI=1S/C14H28N2O3/c1-12(2)19-14(17)11-16-7-4-5-13(10-16)9-15-6-8-18-3/h12-13,15H,4-11H2,1-3H3. The molecule has 5 heteroatoms. The van der Waals surface area contributed by atoms with Gasteiger partial charge in [0.1, 0.15) is 0 Å². The zero-order chi connectivity index (χ0) is 14.1. The molecule has 1 N–H and O–H groups in total. The summed E-state index contributed by atoms with van der Waals surface area (Å²) in [5.74, 6) is 0.514. The summed E-state index contributed by atoms with van der Waals surface area (Å²) >= 11 is 0. The number of methoxy groups -OCH3 is 1. The monoisotopic (exact) mass is 272 g/mol. The van der Waals surface area contributed by atoms with Crippen LogP contribution in [0.2, 0.25) is 0 Å². The van der Waals surface area contributed by atoms with Gasteiger partial charge in [0, 0.05) is 20.2 Å². The second-order valence-corrected chi connectivity index (χ2v) is 5.48. The molecule has 0 saturated carbocycles. The summed E-state index contributed by atoms with van der Waals surface area (Å²) in [4.78, 5) is 13.8. The molecule has 1 unspecified atom stereocenters. The molecule has 1 aliphatic heterocycles. The molecular formula is C14H28N2O3. The predicted molar refractivity (Wildman–Crippen MR) is 75.1 cm³/mol. The fourth-order valence-electron chi connectivity index (χ4n) is 2.42. The summed E-state index contributed by atoms with van der Waals surface area (Å²) in [5, 5.41) is 3.39. The molecule has 5 nitrogen and oxygen atoms in total. The molecule has 1 aliphatic rings. The topological polar surface area (TPSA) is 50.8 Å². The number of carbonyl (C=O) groups excluding carboxylic acids is 1. The van der Waals surface area contributed by atoms with Crippen LogP contribution in [0.3, 0.4) is 0 Å². The van der Waals surface area contributed by atoms with Crippen LogP contribution in [-0.2, 0) is 14.3 Å². The van der Waals surface area contributed by atoms with Crippen LogP contribution >= 0.6 is 0 Å². The minimum Gasteiger partial charge on any atom is -0.462 e. The molecule has 0 aliphatic carbocycles. The van der Waals surface area contributed by atoms with Gasteiger partial charge in [-0.25, -0.2) is 0 Å². The van der Waals surface area contributed by atoms with E-state index >= 15 is 0 Å². The van der Waals surface area contributed by atoms with Crippen LogP contribution in [0.4, 0.5) is 0 Å². The van der Waals surface area contributed by atoms with E-state index in [2.05, 4.69) is 10.2 Å². The average molecular weight is 272 g/mol. The molecule has 1 heterocycles. The Bertz CT molecular complexity index is 259. The molecular weight excluding hydrogens is 244 g/mol. The van der Waals surface area contributed by atoms with E-state index in [9.17, 15) is 4.79 Å².